The Morgan fingerprint density at radius 1 is 0.850 bits per heavy atom. The zero-order valence-electron chi connectivity index (χ0n) is 22.4. The Labute approximate surface area is 234 Å². The van der Waals surface area contributed by atoms with Crippen molar-refractivity contribution in [2.45, 2.75) is 31.7 Å². The molecule has 204 valence electrons. The van der Waals surface area contributed by atoms with Gasteiger partial charge in [0.1, 0.15) is 6.04 Å². The second kappa shape index (κ2) is 12.6. The maximum atomic E-state index is 13.7. The summed E-state index contributed by atoms with van der Waals surface area (Å²) in [6.07, 6.45) is 1.98. The van der Waals surface area contributed by atoms with Crippen LogP contribution < -0.4 is 21.3 Å². The average molecular weight is 535 g/mol. The van der Waals surface area contributed by atoms with Crippen LogP contribution in [0.2, 0.25) is 0 Å². The number of nitrogens with zero attached hydrogens (tertiary/aromatic N) is 1. The van der Waals surface area contributed by atoms with Gasteiger partial charge in [-0.15, -0.1) is 0 Å². The van der Waals surface area contributed by atoms with E-state index in [0.717, 1.165) is 46.0 Å². The molecule has 0 saturated carbocycles. The van der Waals surface area contributed by atoms with Gasteiger partial charge in [-0.05, 0) is 52.4 Å². The van der Waals surface area contributed by atoms with E-state index in [1.807, 2.05) is 91.0 Å². The number of nitrogens with two attached hydrogens (primary N) is 1. The highest BCUT2D eigenvalue weighted by Crippen LogP contribution is 2.28. The van der Waals surface area contributed by atoms with Crippen molar-refractivity contribution in [3.8, 4) is 0 Å². The molecule has 40 heavy (non-hydrogen) atoms. The fraction of sp³-hybridized carbons (Fsp3) is 0.242. The highest BCUT2D eigenvalue weighted by atomic mass is 16.2. The summed E-state index contributed by atoms with van der Waals surface area (Å²) in [6, 6.07) is 28.8. The minimum Gasteiger partial charge on any atom is -0.353 e. The van der Waals surface area contributed by atoms with E-state index in [4.69, 9.17) is 5.73 Å². The first-order chi connectivity index (χ1) is 19.5. The van der Waals surface area contributed by atoms with Gasteiger partial charge in [0.05, 0.1) is 0 Å². The van der Waals surface area contributed by atoms with E-state index < -0.39 is 6.04 Å². The predicted molar refractivity (Wildman–Crippen MR) is 158 cm³/mol. The number of hydrogen-bond acceptors (Lipinski definition) is 4. The molecule has 3 amide bonds. The Bertz CT molecular complexity index is 1530. The molecule has 4 N–H and O–H groups in total. The summed E-state index contributed by atoms with van der Waals surface area (Å²) in [7, 11) is 0. The Balaban J connectivity index is 1.33. The third kappa shape index (κ3) is 6.21. The molecular formula is C33H34N4O3. The van der Waals surface area contributed by atoms with Crippen LogP contribution in [0, 0.1) is 0 Å². The molecule has 0 fully saturated rings. The molecule has 1 unspecified atom stereocenters. The molecule has 1 aliphatic heterocycles. The lowest BCUT2D eigenvalue weighted by molar-refractivity contribution is -0.128. The van der Waals surface area contributed by atoms with Crippen molar-refractivity contribution in [3.05, 3.63) is 113 Å². The number of fused-ring (bicyclic) bond motifs is 3. The van der Waals surface area contributed by atoms with Crippen LogP contribution in [0.1, 0.15) is 33.5 Å². The molecule has 0 radical (unpaired) electrons. The summed E-state index contributed by atoms with van der Waals surface area (Å²) in [4.78, 5) is 41.6. The van der Waals surface area contributed by atoms with Crippen LogP contribution in [0.5, 0.6) is 0 Å². The molecule has 1 heterocycles. The normalized spacial score (nSPS) is 13.5. The van der Waals surface area contributed by atoms with Gasteiger partial charge in [0, 0.05) is 43.7 Å². The largest absolute Gasteiger partial charge is 0.353 e. The zero-order valence-corrected chi connectivity index (χ0v) is 22.4. The molecule has 0 aliphatic carbocycles. The van der Waals surface area contributed by atoms with Crippen LogP contribution in [0.4, 0.5) is 5.69 Å². The lowest BCUT2D eigenvalue weighted by atomic mass is 9.95. The predicted octanol–water partition coefficient (Wildman–Crippen LogP) is 3.78. The van der Waals surface area contributed by atoms with Gasteiger partial charge >= 0.3 is 0 Å². The number of para-hydroxylation sites is 1. The number of amides is 3. The summed E-state index contributed by atoms with van der Waals surface area (Å²) in [5.41, 5.74) is 10.1. The summed E-state index contributed by atoms with van der Waals surface area (Å²) in [5.74, 6) is -0.702. The van der Waals surface area contributed by atoms with Crippen molar-refractivity contribution < 1.29 is 14.4 Å². The number of aryl methyl sites for hydroxylation is 2. The molecule has 4 aromatic carbocycles. The van der Waals surface area contributed by atoms with Crippen molar-refractivity contribution in [1.29, 1.82) is 0 Å². The smallest absolute Gasteiger partial charge is 0.258 e. The third-order valence-electron chi connectivity index (χ3n) is 7.35. The summed E-state index contributed by atoms with van der Waals surface area (Å²) in [6.45, 7) is 0.824. The fourth-order valence-electron chi connectivity index (χ4n) is 5.29. The maximum absolute atomic E-state index is 13.7. The second-order valence-electron chi connectivity index (χ2n) is 10.1. The maximum Gasteiger partial charge on any atom is 0.258 e. The van der Waals surface area contributed by atoms with Gasteiger partial charge in [-0.1, -0.05) is 78.9 Å². The van der Waals surface area contributed by atoms with E-state index in [2.05, 4.69) is 10.6 Å². The van der Waals surface area contributed by atoms with Gasteiger partial charge in [0.2, 0.25) is 11.8 Å². The Morgan fingerprint density at radius 3 is 2.38 bits per heavy atom. The molecule has 7 heteroatoms. The number of benzene rings is 4. The lowest BCUT2D eigenvalue weighted by Gasteiger charge is -2.28. The van der Waals surface area contributed by atoms with Crippen LogP contribution in [-0.4, -0.2) is 43.4 Å². The van der Waals surface area contributed by atoms with Gasteiger partial charge < -0.3 is 21.3 Å². The SMILES string of the molecule is NCCNC(=O)C(Cc1ccc2ccccc2c1)NC(=O)CCN1C(=O)c2ccccc2CCc2ccccc21. The van der Waals surface area contributed by atoms with Crippen molar-refractivity contribution >= 4 is 34.2 Å². The van der Waals surface area contributed by atoms with Crippen LogP contribution in [0.15, 0.2) is 91.0 Å². The standard InChI is InChI=1S/C33H34N4O3/c34-18-19-35-32(39)29(22-23-13-14-24-7-1-2-10-27(24)21-23)36-31(38)17-20-37-30-12-6-4-9-26(30)16-15-25-8-3-5-11-28(25)33(37)40/h1-14,21,29H,15-20,22,34H2,(H,35,39)(H,36,38). The highest BCUT2D eigenvalue weighted by molar-refractivity contribution is 6.08. The van der Waals surface area contributed by atoms with E-state index in [1.54, 1.807) is 4.90 Å². The number of carbonyl (C=O) groups is 3. The minimum atomic E-state index is -0.767. The summed E-state index contributed by atoms with van der Waals surface area (Å²) < 4.78 is 0. The first-order valence-corrected chi connectivity index (χ1v) is 13.8. The molecule has 1 atom stereocenters. The minimum absolute atomic E-state index is 0.0562. The van der Waals surface area contributed by atoms with Gasteiger partial charge in [-0.2, -0.15) is 0 Å². The van der Waals surface area contributed by atoms with Crippen molar-refractivity contribution in [2.24, 2.45) is 5.73 Å². The molecule has 7 nitrogen and oxygen atoms in total. The molecule has 4 aromatic rings. The number of hydrogen-bond donors (Lipinski definition) is 3. The topological polar surface area (TPSA) is 105 Å². The zero-order chi connectivity index (χ0) is 27.9. The van der Waals surface area contributed by atoms with Gasteiger partial charge in [-0.3, -0.25) is 14.4 Å². The van der Waals surface area contributed by atoms with Crippen molar-refractivity contribution in [2.75, 3.05) is 24.5 Å². The number of rotatable bonds is 9. The monoisotopic (exact) mass is 534 g/mol. The third-order valence-corrected chi connectivity index (χ3v) is 7.35. The van der Waals surface area contributed by atoms with E-state index in [0.29, 0.717) is 25.1 Å². The molecule has 0 bridgehead atoms. The molecule has 0 aromatic heterocycles. The second-order valence-corrected chi connectivity index (χ2v) is 10.1. The Kier molecular flexibility index (Phi) is 8.52. The van der Waals surface area contributed by atoms with E-state index >= 15 is 0 Å². The van der Waals surface area contributed by atoms with Gasteiger partial charge in [-0.25, -0.2) is 0 Å². The molecular weight excluding hydrogens is 500 g/mol. The quantitative estimate of drug-likeness (QED) is 0.304. The van der Waals surface area contributed by atoms with E-state index in [-0.39, 0.29) is 30.7 Å². The number of carbonyl (C=O) groups excluding carboxylic acids is 3. The van der Waals surface area contributed by atoms with Gasteiger partial charge in [0.15, 0.2) is 0 Å². The van der Waals surface area contributed by atoms with E-state index in [1.165, 1.54) is 0 Å². The van der Waals surface area contributed by atoms with Crippen LogP contribution in [0.25, 0.3) is 10.8 Å². The number of anilines is 1. The molecule has 0 spiro atoms. The Hall–Kier alpha value is -4.49. The lowest BCUT2D eigenvalue weighted by Crippen LogP contribution is -2.49. The average Bonchev–Trinajstić information content (AvgIpc) is 2.98. The summed E-state index contributed by atoms with van der Waals surface area (Å²) >= 11 is 0. The van der Waals surface area contributed by atoms with Crippen LogP contribution in [-0.2, 0) is 28.9 Å². The first-order valence-electron chi connectivity index (χ1n) is 13.8. The Morgan fingerprint density at radius 2 is 1.55 bits per heavy atom. The fourth-order valence-corrected chi connectivity index (χ4v) is 5.29. The van der Waals surface area contributed by atoms with Crippen molar-refractivity contribution in [3.63, 3.8) is 0 Å². The van der Waals surface area contributed by atoms with Crippen LogP contribution >= 0.6 is 0 Å². The first kappa shape index (κ1) is 27.1. The van der Waals surface area contributed by atoms with E-state index in [9.17, 15) is 14.4 Å². The molecule has 0 saturated heterocycles. The highest BCUT2D eigenvalue weighted by Gasteiger charge is 2.26. The molecule has 1 aliphatic rings. The van der Waals surface area contributed by atoms with Gasteiger partial charge in [0.25, 0.3) is 5.91 Å². The molecule has 5 rings (SSSR count). The summed E-state index contributed by atoms with van der Waals surface area (Å²) in [5, 5.41) is 7.90. The number of nitrogens with one attached hydrogen (secondary N) is 2. The van der Waals surface area contributed by atoms with Crippen LogP contribution in [0.3, 0.4) is 0 Å². The van der Waals surface area contributed by atoms with Crippen molar-refractivity contribution in [1.82, 2.24) is 10.6 Å².